The Balaban J connectivity index is 2.04. The fourth-order valence-electron chi connectivity index (χ4n) is 2.24. The van der Waals surface area contributed by atoms with Gasteiger partial charge in [0, 0.05) is 19.0 Å². The number of likely N-dealkylation sites (tertiary alicyclic amines) is 1. The largest absolute Gasteiger partial charge is 0.477 e. The Hall–Kier alpha value is -1.63. The predicted molar refractivity (Wildman–Crippen MR) is 79.0 cm³/mol. The fourth-order valence-corrected chi connectivity index (χ4v) is 3.28. The normalized spacial score (nSPS) is 18.9. The first-order chi connectivity index (χ1) is 9.67. The van der Waals surface area contributed by atoms with Crippen molar-refractivity contribution in [3.05, 3.63) is 15.6 Å². The lowest BCUT2D eigenvalue weighted by molar-refractivity contribution is 0.0292. The van der Waals surface area contributed by atoms with Crippen LogP contribution in [0.4, 0.5) is 4.79 Å². The first-order valence-electron chi connectivity index (χ1n) is 6.86. The van der Waals surface area contributed by atoms with Crippen molar-refractivity contribution < 1.29 is 19.4 Å². The molecule has 1 aliphatic heterocycles. The zero-order valence-corrected chi connectivity index (χ0v) is 13.5. The highest BCUT2D eigenvalue weighted by atomic mass is 32.1. The number of hydrogen-bond donors (Lipinski definition) is 1. The lowest BCUT2D eigenvalue weighted by Crippen LogP contribution is -2.35. The van der Waals surface area contributed by atoms with Crippen LogP contribution in [0.5, 0.6) is 0 Å². The second-order valence-electron chi connectivity index (χ2n) is 6.18. The van der Waals surface area contributed by atoms with E-state index < -0.39 is 11.6 Å². The molecule has 116 valence electrons. The summed E-state index contributed by atoms with van der Waals surface area (Å²) in [5.74, 6) is -0.854. The first kappa shape index (κ1) is 15.8. The number of carboxylic acid groups (broad SMARTS) is 1. The Bertz CT molecular complexity index is 562. The van der Waals surface area contributed by atoms with Crippen molar-refractivity contribution >= 4 is 23.4 Å². The Morgan fingerprint density at radius 3 is 2.62 bits per heavy atom. The summed E-state index contributed by atoms with van der Waals surface area (Å²) in [4.78, 5) is 29.4. The van der Waals surface area contributed by atoms with Crippen molar-refractivity contribution in [1.29, 1.82) is 0 Å². The lowest BCUT2D eigenvalue weighted by atomic mass is 10.1. The van der Waals surface area contributed by atoms with E-state index in [9.17, 15) is 9.59 Å². The quantitative estimate of drug-likeness (QED) is 0.908. The monoisotopic (exact) mass is 312 g/mol. The zero-order chi connectivity index (χ0) is 15.8. The second-order valence-corrected chi connectivity index (χ2v) is 7.21. The van der Waals surface area contributed by atoms with E-state index in [4.69, 9.17) is 9.84 Å². The van der Waals surface area contributed by atoms with Crippen LogP contribution in [0.2, 0.25) is 0 Å². The van der Waals surface area contributed by atoms with E-state index in [-0.39, 0.29) is 16.9 Å². The van der Waals surface area contributed by atoms with Crippen molar-refractivity contribution in [3.8, 4) is 0 Å². The number of nitrogens with zero attached hydrogens (tertiary/aromatic N) is 2. The van der Waals surface area contributed by atoms with Gasteiger partial charge in [-0.2, -0.15) is 0 Å². The molecule has 0 spiro atoms. The minimum atomic E-state index is -0.946. The van der Waals surface area contributed by atoms with Crippen molar-refractivity contribution in [1.82, 2.24) is 9.88 Å². The maximum absolute atomic E-state index is 12.0. The van der Waals surface area contributed by atoms with Gasteiger partial charge >= 0.3 is 12.1 Å². The number of carboxylic acids is 1. The van der Waals surface area contributed by atoms with E-state index in [1.807, 2.05) is 20.8 Å². The van der Waals surface area contributed by atoms with Gasteiger partial charge in [0.1, 0.15) is 10.5 Å². The SMILES string of the molecule is Cc1nc([C@@H]2CCN(C(=O)OC(C)(C)C)C2)sc1C(=O)O. The molecule has 1 aliphatic rings. The van der Waals surface area contributed by atoms with Crippen LogP contribution in [-0.4, -0.2) is 45.7 Å². The van der Waals surface area contributed by atoms with Gasteiger partial charge < -0.3 is 14.7 Å². The summed E-state index contributed by atoms with van der Waals surface area (Å²) in [6, 6.07) is 0. The summed E-state index contributed by atoms with van der Waals surface area (Å²) in [5.41, 5.74) is 0.0295. The van der Waals surface area contributed by atoms with E-state index in [1.165, 1.54) is 11.3 Å². The van der Waals surface area contributed by atoms with Crippen molar-refractivity contribution in [2.75, 3.05) is 13.1 Å². The standard InChI is InChI=1S/C14H20N2O4S/c1-8-10(12(17)18)21-11(15-8)9-5-6-16(7-9)13(19)20-14(2,3)4/h9H,5-7H2,1-4H3,(H,17,18)/t9-/m1/s1. The molecular formula is C14H20N2O4S. The van der Waals surface area contributed by atoms with Crippen LogP contribution in [0.15, 0.2) is 0 Å². The van der Waals surface area contributed by atoms with Crippen LogP contribution in [0.3, 0.4) is 0 Å². The molecule has 1 saturated heterocycles. The van der Waals surface area contributed by atoms with Gasteiger partial charge in [0.15, 0.2) is 0 Å². The van der Waals surface area contributed by atoms with Gasteiger partial charge in [-0.15, -0.1) is 11.3 Å². The smallest absolute Gasteiger partial charge is 0.410 e. The third-order valence-electron chi connectivity index (χ3n) is 3.20. The summed E-state index contributed by atoms with van der Waals surface area (Å²) in [5, 5.41) is 9.86. The highest BCUT2D eigenvalue weighted by molar-refractivity contribution is 7.13. The Kier molecular flexibility index (Phi) is 4.22. The number of carbonyl (C=O) groups excluding carboxylic acids is 1. The predicted octanol–water partition coefficient (Wildman–Crippen LogP) is 2.87. The molecule has 7 heteroatoms. The first-order valence-corrected chi connectivity index (χ1v) is 7.67. The lowest BCUT2D eigenvalue weighted by Gasteiger charge is -2.24. The summed E-state index contributed by atoms with van der Waals surface area (Å²) < 4.78 is 5.35. The summed E-state index contributed by atoms with van der Waals surface area (Å²) in [6.07, 6.45) is 0.461. The van der Waals surface area contributed by atoms with Crippen molar-refractivity contribution in [2.45, 2.75) is 45.6 Å². The van der Waals surface area contributed by atoms with E-state index in [0.717, 1.165) is 11.4 Å². The molecule has 0 aliphatic carbocycles. The van der Waals surface area contributed by atoms with Crippen molar-refractivity contribution in [3.63, 3.8) is 0 Å². The molecule has 1 fully saturated rings. The molecule has 0 bridgehead atoms. The molecule has 0 radical (unpaired) electrons. The van der Waals surface area contributed by atoms with Gasteiger partial charge in [-0.25, -0.2) is 14.6 Å². The minimum absolute atomic E-state index is 0.0920. The Labute approximate surface area is 127 Å². The highest BCUT2D eigenvalue weighted by Gasteiger charge is 2.32. The number of carbonyl (C=O) groups is 2. The van der Waals surface area contributed by atoms with Gasteiger partial charge in [-0.05, 0) is 34.1 Å². The van der Waals surface area contributed by atoms with E-state index in [0.29, 0.717) is 18.8 Å². The molecule has 21 heavy (non-hydrogen) atoms. The van der Waals surface area contributed by atoms with Gasteiger partial charge in [0.25, 0.3) is 0 Å². The molecule has 2 heterocycles. The maximum atomic E-state index is 12.0. The van der Waals surface area contributed by atoms with Crippen LogP contribution >= 0.6 is 11.3 Å². The molecule has 0 aromatic carbocycles. The van der Waals surface area contributed by atoms with E-state index >= 15 is 0 Å². The second kappa shape index (κ2) is 5.63. The van der Waals surface area contributed by atoms with Crippen LogP contribution in [-0.2, 0) is 4.74 Å². The number of aryl methyl sites for hydroxylation is 1. The molecule has 6 nitrogen and oxygen atoms in total. The van der Waals surface area contributed by atoms with Gasteiger partial charge in [0.05, 0.1) is 10.7 Å². The number of amides is 1. The van der Waals surface area contributed by atoms with Crippen LogP contribution in [0, 0.1) is 6.92 Å². The van der Waals surface area contributed by atoms with Gasteiger partial charge in [0.2, 0.25) is 0 Å². The number of ether oxygens (including phenoxy) is 1. The van der Waals surface area contributed by atoms with Crippen LogP contribution in [0.1, 0.15) is 53.5 Å². The Morgan fingerprint density at radius 2 is 2.10 bits per heavy atom. The number of aromatic carboxylic acids is 1. The molecular weight excluding hydrogens is 292 g/mol. The average Bonchev–Trinajstić information content (AvgIpc) is 2.92. The third-order valence-corrected chi connectivity index (χ3v) is 4.50. The highest BCUT2D eigenvalue weighted by Crippen LogP contribution is 2.32. The molecule has 0 unspecified atom stereocenters. The number of thiazole rings is 1. The summed E-state index contributed by atoms with van der Waals surface area (Å²) in [7, 11) is 0. The molecule has 1 atom stereocenters. The molecule has 1 N–H and O–H groups in total. The molecule has 2 rings (SSSR count). The maximum Gasteiger partial charge on any atom is 0.410 e. The number of rotatable bonds is 2. The van der Waals surface area contributed by atoms with E-state index in [1.54, 1.807) is 11.8 Å². The van der Waals surface area contributed by atoms with Crippen molar-refractivity contribution in [2.24, 2.45) is 0 Å². The Morgan fingerprint density at radius 1 is 1.43 bits per heavy atom. The summed E-state index contributed by atoms with van der Waals surface area (Å²) in [6.45, 7) is 8.34. The molecule has 1 amide bonds. The zero-order valence-electron chi connectivity index (χ0n) is 12.7. The van der Waals surface area contributed by atoms with Crippen LogP contribution < -0.4 is 0 Å². The molecule has 1 aromatic heterocycles. The van der Waals surface area contributed by atoms with Gasteiger partial charge in [-0.1, -0.05) is 0 Å². The molecule has 0 saturated carbocycles. The average molecular weight is 312 g/mol. The van der Waals surface area contributed by atoms with Gasteiger partial charge in [-0.3, -0.25) is 0 Å². The minimum Gasteiger partial charge on any atom is -0.477 e. The fraction of sp³-hybridized carbons (Fsp3) is 0.643. The van der Waals surface area contributed by atoms with Crippen LogP contribution in [0.25, 0.3) is 0 Å². The van der Waals surface area contributed by atoms with E-state index in [2.05, 4.69) is 4.98 Å². The number of hydrogen-bond acceptors (Lipinski definition) is 5. The third kappa shape index (κ3) is 3.72. The number of aromatic nitrogens is 1. The molecule has 1 aromatic rings. The topological polar surface area (TPSA) is 79.7 Å². The summed E-state index contributed by atoms with van der Waals surface area (Å²) >= 11 is 1.20.